The molecule has 1 aliphatic heterocycles. The molecule has 0 spiro atoms. The highest BCUT2D eigenvalue weighted by Gasteiger charge is 2.14. The fourth-order valence-electron chi connectivity index (χ4n) is 1.76. The van der Waals surface area contributed by atoms with Crippen LogP contribution < -0.4 is 4.90 Å². The van der Waals surface area contributed by atoms with E-state index in [0.29, 0.717) is 6.42 Å². The van der Waals surface area contributed by atoms with Crippen LogP contribution in [0.2, 0.25) is 0 Å². The van der Waals surface area contributed by atoms with Crippen LogP contribution in [-0.4, -0.2) is 43.1 Å². The van der Waals surface area contributed by atoms with Gasteiger partial charge < -0.3 is 9.80 Å². The summed E-state index contributed by atoms with van der Waals surface area (Å²) in [5.41, 5.74) is 1.09. The third-order valence-corrected chi connectivity index (χ3v) is 2.87. The second kappa shape index (κ2) is 4.62. The number of hydrogen-bond donors (Lipinski definition) is 0. The number of anilines is 1. The smallest absolute Gasteiger partial charge is 0.128 e. The first kappa shape index (κ1) is 10.4. The molecular weight excluding hydrogens is 186 g/mol. The van der Waals surface area contributed by atoms with Crippen LogP contribution in [0, 0.1) is 6.92 Å². The summed E-state index contributed by atoms with van der Waals surface area (Å²) in [5.74, 6) is 1.07. The van der Waals surface area contributed by atoms with E-state index in [-0.39, 0.29) is 0 Å². The zero-order valence-corrected chi connectivity index (χ0v) is 9.19. The van der Waals surface area contributed by atoms with Crippen LogP contribution in [0.3, 0.4) is 0 Å². The van der Waals surface area contributed by atoms with Crippen LogP contribution in [-0.2, 0) is 6.42 Å². The lowest BCUT2D eigenvalue weighted by Crippen LogP contribution is -2.44. The maximum atomic E-state index is 5.54. The van der Waals surface area contributed by atoms with Crippen molar-refractivity contribution in [1.82, 2.24) is 9.88 Å². The van der Waals surface area contributed by atoms with Crippen molar-refractivity contribution in [2.24, 2.45) is 0 Å². The summed E-state index contributed by atoms with van der Waals surface area (Å²) in [7, 11) is 2.16. The van der Waals surface area contributed by atoms with Gasteiger partial charge in [-0.05, 0) is 32.0 Å². The highest BCUT2D eigenvalue weighted by Crippen LogP contribution is 2.13. The summed E-state index contributed by atoms with van der Waals surface area (Å²) in [6.07, 6.45) is 2.43. The molecule has 0 unspecified atom stereocenters. The average Bonchev–Trinajstić information content (AvgIpc) is 2.30. The summed E-state index contributed by atoms with van der Waals surface area (Å²) >= 11 is 0. The van der Waals surface area contributed by atoms with E-state index in [9.17, 15) is 0 Å². The van der Waals surface area contributed by atoms with Gasteiger partial charge in [0.2, 0.25) is 0 Å². The molecule has 0 aliphatic carbocycles. The topological polar surface area (TPSA) is 19.4 Å². The number of piperazine rings is 1. The van der Waals surface area contributed by atoms with Crippen molar-refractivity contribution in [2.45, 2.75) is 6.42 Å². The van der Waals surface area contributed by atoms with Gasteiger partial charge in [0.15, 0.2) is 0 Å². The Hall–Kier alpha value is -1.09. The number of rotatable bonds is 2. The molecule has 0 N–H and O–H groups in total. The normalized spacial score (nSPS) is 18.1. The Morgan fingerprint density at radius 2 is 2.00 bits per heavy atom. The fraction of sp³-hybridized carbons (Fsp3) is 0.500. The van der Waals surface area contributed by atoms with E-state index in [4.69, 9.17) is 6.92 Å². The third-order valence-electron chi connectivity index (χ3n) is 2.87. The van der Waals surface area contributed by atoms with Gasteiger partial charge in [-0.25, -0.2) is 4.98 Å². The van der Waals surface area contributed by atoms with Crippen molar-refractivity contribution >= 4 is 5.82 Å². The van der Waals surface area contributed by atoms with Gasteiger partial charge >= 0.3 is 0 Å². The SMILES string of the molecule is [CH]Cc1ccc(N2CCN(C)CC2)nc1. The van der Waals surface area contributed by atoms with Gasteiger partial charge in [0.1, 0.15) is 5.82 Å². The average molecular weight is 203 g/mol. The van der Waals surface area contributed by atoms with Gasteiger partial charge in [0.25, 0.3) is 0 Å². The van der Waals surface area contributed by atoms with Crippen molar-refractivity contribution in [3.8, 4) is 0 Å². The third kappa shape index (κ3) is 2.48. The fourth-order valence-corrected chi connectivity index (χ4v) is 1.76. The Labute approximate surface area is 91.7 Å². The number of hydrogen-bond acceptors (Lipinski definition) is 3. The van der Waals surface area contributed by atoms with Crippen molar-refractivity contribution in [3.63, 3.8) is 0 Å². The molecule has 2 rings (SSSR count). The number of nitrogens with zero attached hydrogens (tertiary/aromatic N) is 3. The monoisotopic (exact) mass is 203 g/mol. The van der Waals surface area contributed by atoms with Gasteiger partial charge in [0.05, 0.1) is 0 Å². The van der Waals surface area contributed by atoms with E-state index in [2.05, 4.69) is 34.0 Å². The first-order valence-electron chi connectivity index (χ1n) is 5.38. The van der Waals surface area contributed by atoms with Gasteiger partial charge in [-0.2, -0.15) is 0 Å². The molecule has 0 atom stereocenters. The maximum Gasteiger partial charge on any atom is 0.128 e. The first-order valence-corrected chi connectivity index (χ1v) is 5.38. The minimum Gasteiger partial charge on any atom is -0.354 e. The quantitative estimate of drug-likeness (QED) is 0.717. The van der Waals surface area contributed by atoms with Crippen LogP contribution in [0.1, 0.15) is 5.56 Å². The minimum atomic E-state index is 0.565. The Bertz CT molecular complexity index is 299. The van der Waals surface area contributed by atoms with Crippen LogP contribution in [0.15, 0.2) is 18.3 Å². The zero-order valence-electron chi connectivity index (χ0n) is 9.19. The molecule has 1 fully saturated rings. The minimum absolute atomic E-state index is 0.565. The molecule has 1 saturated heterocycles. The second-order valence-corrected chi connectivity index (χ2v) is 4.02. The number of pyridine rings is 1. The lowest BCUT2D eigenvalue weighted by molar-refractivity contribution is 0.312. The molecule has 2 radical (unpaired) electrons. The van der Waals surface area contributed by atoms with Crippen molar-refractivity contribution in [2.75, 3.05) is 38.1 Å². The number of aromatic nitrogens is 1. The van der Waals surface area contributed by atoms with Gasteiger partial charge in [-0.15, -0.1) is 0 Å². The van der Waals surface area contributed by atoms with Crippen LogP contribution in [0.25, 0.3) is 0 Å². The summed E-state index contributed by atoms with van der Waals surface area (Å²) < 4.78 is 0. The van der Waals surface area contributed by atoms with Gasteiger partial charge in [-0.3, -0.25) is 0 Å². The largest absolute Gasteiger partial charge is 0.354 e. The zero-order chi connectivity index (χ0) is 10.7. The lowest BCUT2D eigenvalue weighted by Gasteiger charge is -2.33. The molecule has 0 amide bonds. The highest BCUT2D eigenvalue weighted by atomic mass is 15.3. The molecular formula is C12H17N3. The highest BCUT2D eigenvalue weighted by molar-refractivity contribution is 5.39. The van der Waals surface area contributed by atoms with Crippen molar-refractivity contribution < 1.29 is 0 Å². The molecule has 15 heavy (non-hydrogen) atoms. The van der Waals surface area contributed by atoms with E-state index in [1.807, 2.05) is 6.20 Å². The molecule has 80 valence electrons. The predicted molar refractivity (Wildman–Crippen MR) is 62.0 cm³/mol. The van der Waals surface area contributed by atoms with Crippen LogP contribution in [0.5, 0.6) is 0 Å². The molecule has 1 aromatic rings. The summed E-state index contributed by atoms with van der Waals surface area (Å²) in [4.78, 5) is 9.08. The van der Waals surface area contributed by atoms with E-state index in [1.165, 1.54) is 0 Å². The summed E-state index contributed by atoms with van der Waals surface area (Å²) in [6.45, 7) is 9.88. The first-order chi connectivity index (χ1) is 7.29. The van der Waals surface area contributed by atoms with Gasteiger partial charge in [0, 0.05) is 32.4 Å². The predicted octanol–water partition coefficient (Wildman–Crippen LogP) is 1.09. The van der Waals surface area contributed by atoms with Crippen LogP contribution >= 0.6 is 0 Å². The molecule has 3 heteroatoms. The van der Waals surface area contributed by atoms with E-state index >= 15 is 0 Å². The molecule has 1 aromatic heterocycles. The molecule has 0 saturated carbocycles. The van der Waals surface area contributed by atoms with Crippen molar-refractivity contribution in [1.29, 1.82) is 0 Å². The van der Waals surface area contributed by atoms with Crippen molar-refractivity contribution in [3.05, 3.63) is 30.8 Å². The van der Waals surface area contributed by atoms with Gasteiger partial charge in [-0.1, -0.05) is 6.07 Å². The van der Waals surface area contributed by atoms with E-state index < -0.39 is 0 Å². The van der Waals surface area contributed by atoms with Crippen LogP contribution in [0.4, 0.5) is 5.82 Å². The Morgan fingerprint density at radius 3 is 2.53 bits per heavy atom. The molecule has 0 aromatic carbocycles. The Balaban J connectivity index is 2.03. The standard InChI is InChI=1S/C12H17N3/c1-3-11-4-5-12(13-10-11)15-8-6-14(2)7-9-15/h1,4-5,10H,3,6-9H2,2H3. The Morgan fingerprint density at radius 1 is 1.27 bits per heavy atom. The maximum absolute atomic E-state index is 5.54. The summed E-state index contributed by atoms with van der Waals surface area (Å²) in [6, 6.07) is 4.12. The molecule has 1 aliphatic rings. The molecule has 2 heterocycles. The summed E-state index contributed by atoms with van der Waals surface area (Å²) in [5, 5.41) is 0. The van der Waals surface area contributed by atoms with E-state index in [0.717, 1.165) is 37.6 Å². The lowest BCUT2D eigenvalue weighted by atomic mass is 10.2. The van der Waals surface area contributed by atoms with E-state index in [1.54, 1.807) is 0 Å². The Kier molecular flexibility index (Phi) is 3.21. The molecule has 0 bridgehead atoms. The second-order valence-electron chi connectivity index (χ2n) is 4.02. The number of likely N-dealkylation sites (N-methyl/N-ethyl adjacent to an activating group) is 1. The molecule has 3 nitrogen and oxygen atoms in total.